The van der Waals surface area contributed by atoms with E-state index >= 15 is 0 Å². The fraction of sp³-hybridized carbons (Fsp3) is 0.394. The van der Waals surface area contributed by atoms with E-state index in [2.05, 4.69) is 5.32 Å². The maximum Gasteiger partial charge on any atom is 0.243 e. The van der Waals surface area contributed by atoms with E-state index in [4.69, 9.17) is 0 Å². The minimum Gasteiger partial charge on any atom is -0.352 e. The molecular formula is C33H43N3O4S. The number of sulfonamides is 1. The molecule has 0 radical (unpaired) electrons. The van der Waals surface area contributed by atoms with Gasteiger partial charge in [-0.05, 0) is 62.4 Å². The van der Waals surface area contributed by atoms with E-state index in [-0.39, 0.29) is 37.4 Å². The van der Waals surface area contributed by atoms with Crippen LogP contribution in [0.25, 0.3) is 0 Å². The summed E-state index contributed by atoms with van der Waals surface area (Å²) in [6, 6.07) is 24.2. The van der Waals surface area contributed by atoms with Crippen LogP contribution in [-0.2, 0) is 32.6 Å². The number of hydrogen-bond acceptors (Lipinski definition) is 4. The number of carbonyl (C=O) groups excluding carboxylic acids is 2. The van der Waals surface area contributed by atoms with Crippen LogP contribution in [0.1, 0.15) is 55.4 Å². The fourth-order valence-corrected chi connectivity index (χ4v) is 5.75. The first-order valence-electron chi connectivity index (χ1n) is 14.2. The van der Waals surface area contributed by atoms with Crippen molar-refractivity contribution in [3.05, 3.63) is 101 Å². The third-order valence-electron chi connectivity index (χ3n) is 7.15. The lowest BCUT2D eigenvalue weighted by atomic mass is 10.0. The van der Waals surface area contributed by atoms with E-state index in [1.807, 2.05) is 100 Å². The van der Waals surface area contributed by atoms with Gasteiger partial charge < -0.3 is 10.2 Å². The Hall–Kier alpha value is -3.65. The maximum atomic E-state index is 13.9. The summed E-state index contributed by atoms with van der Waals surface area (Å²) in [7, 11) is -3.55. The Kier molecular flexibility index (Phi) is 11.5. The molecule has 1 N–H and O–H groups in total. The number of carbonyl (C=O) groups is 2. The van der Waals surface area contributed by atoms with Crippen LogP contribution in [0.3, 0.4) is 0 Å². The molecule has 0 aliphatic heterocycles. The molecule has 0 aliphatic carbocycles. The standard InChI is InChI=1S/C33H43N3O4S/c1-6-27(4)34-33(38)31(23-28-15-8-7-9-16-28)35(24-29-17-10-13-25(2)21-29)32(37)19-12-20-36(41(5,39)40)30-18-11-14-26(3)22-30/h7-11,13-18,21-22,27,31H,6,12,19-20,23-24H2,1-5H3,(H,34,38). The Bertz CT molecular complexity index is 1410. The zero-order chi connectivity index (χ0) is 30.0. The molecule has 0 spiro atoms. The van der Waals surface area contributed by atoms with E-state index in [0.29, 0.717) is 18.5 Å². The van der Waals surface area contributed by atoms with Gasteiger partial charge in [0.25, 0.3) is 0 Å². The summed E-state index contributed by atoms with van der Waals surface area (Å²) in [5.74, 6) is -0.383. The first-order chi connectivity index (χ1) is 19.5. The van der Waals surface area contributed by atoms with Crippen molar-refractivity contribution in [1.82, 2.24) is 10.2 Å². The summed E-state index contributed by atoms with van der Waals surface area (Å²) in [5.41, 5.74) is 4.49. The van der Waals surface area contributed by atoms with Gasteiger partial charge in [-0.1, -0.05) is 79.2 Å². The second-order valence-electron chi connectivity index (χ2n) is 10.8. The molecule has 2 unspecified atom stereocenters. The molecule has 3 aromatic carbocycles. The predicted molar refractivity (Wildman–Crippen MR) is 166 cm³/mol. The second kappa shape index (κ2) is 14.8. The molecular weight excluding hydrogens is 534 g/mol. The number of aryl methyl sites for hydroxylation is 2. The first kappa shape index (κ1) is 31.9. The third kappa shape index (κ3) is 9.74. The zero-order valence-corrected chi connectivity index (χ0v) is 25.7. The smallest absolute Gasteiger partial charge is 0.243 e. The van der Waals surface area contributed by atoms with Crippen molar-refractivity contribution in [2.45, 2.75) is 72.0 Å². The first-order valence-corrected chi connectivity index (χ1v) is 16.1. The van der Waals surface area contributed by atoms with Crippen LogP contribution in [-0.4, -0.2) is 50.0 Å². The Morgan fingerprint density at radius 1 is 0.878 bits per heavy atom. The van der Waals surface area contributed by atoms with Crippen LogP contribution < -0.4 is 9.62 Å². The van der Waals surface area contributed by atoms with E-state index in [1.165, 1.54) is 10.6 Å². The highest BCUT2D eigenvalue weighted by Gasteiger charge is 2.31. The number of amides is 2. The molecule has 0 heterocycles. The zero-order valence-electron chi connectivity index (χ0n) is 24.8. The van der Waals surface area contributed by atoms with Crippen LogP contribution in [0.15, 0.2) is 78.9 Å². The normalized spacial score (nSPS) is 12.8. The van der Waals surface area contributed by atoms with Crippen molar-refractivity contribution in [2.24, 2.45) is 0 Å². The molecule has 3 aromatic rings. The molecule has 7 nitrogen and oxygen atoms in total. The highest BCUT2D eigenvalue weighted by molar-refractivity contribution is 7.92. The number of nitrogens with one attached hydrogen (secondary N) is 1. The fourth-order valence-electron chi connectivity index (χ4n) is 4.79. The van der Waals surface area contributed by atoms with Crippen LogP contribution >= 0.6 is 0 Å². The minimum atomic E-state index is -3.55. The SMILES string of the molecule is CCC(C)NC(=O)C(Cc1ccccc1)N(Cc1cccc(C)c1)C(=O)CCCN(c1cccc(C)c1)S(C)(=O)=O. The number of rotatable bonds is 14. The lowest BCUT2D eigenvalue weighted by Gasteiger charge is -2.33. The third-order valence-corrected chi connectivity index (χ3v) is 8.34. The van der Waals surface area contributed by atoms with Crippen molar-refractivity contribution < 1.29 is 18.0 Å². The minimum absolute atomic E-state index is 0.0330. The molecule has 0 fully saturated rings. The molecule has 3 rings (SSSR count). The quantitative estimate of drug-likeness (QED) is 0.278. The summed E-state index contributed by atoms with van der Waals surface area (Å²) in [5, 5.41) is 3.08. The highest BCUT2D eigenvalue weighted by Crippen LogP contribution is 2.21. The van der Waals surface area contributed by atoms with Gasteiger partial charge in [0.2, 0.25) is 21.8 Å². The monoisotopic (exact) mass is 577 g/mol. The van der Waals surface area contributed by atoms with Gasteiger partial charge in [-0.25, -0.2) is 8.42 Å². The summed E-state index contributed by atoms with van der Waals surface area (Å²) in [6.07, 6.45) is 2.74. The molecule has 41 heavy (non-hydrogen) atoms. The highest BCUT2D eigenvalue weighted by atomic mass is 32.2. The molecule has 0 saturated heterocycles. The molecule has 0 saturated carbocycles. The average molecular weight is 578 g/mol. The number of anilines is 1. The maximum absolute atomic E-state index is 13.9. The Labute approximate surface area is 245 Å². The molecule has 2 atom stereocenters. The summed E-state index contributed by atoms with van der Waals surface area (Å²) < 4.78 is 26.6. The van der Waals surface area contributed by atoms with Crippen molar-refractivity contribution in [3.63, 3.8) is 0 Å². The lowest BCUT2D eigenvalue weighted by Crippen LogP contribution is -2.52. The molecule has 2 amide bonds. The largest absolute Gasteiger partial charge is 0.352 e. The molecule has 8 heteroatoms. The van der Waals surface area contributed by atoms with Gasteiger partial charge in [-0.2, -0.15) is 0 Å². The Morgan fingerprint density at radius 2 is 1.51 bits per heavy atom. The van der Waals surface area contributed by atoms with E-state index in [9.17, 15) is 18.0 Å². The predicted octanol–water partition coefficient (Wildman–Crippen LogP) is 5.40. The van der Waals surface area contributed by atoms with Gasteiger partial charge in [0, 0.05) is 32.0 Å². The van der Waals surface area contributed by atoms with Crippen molar-refractivity contribution >= 4 is 27.5 Å². The van der Waals surface area contributed by atoms with Gasteiger partial charge in [0.15, 0.2) is 0 Å². The number of hydrogen-bond donors (Lipinski definition) is 1. The lowest BCUT2D eigenvalue weighted by molar-refractivity contribution is -0.141. The van der Waals surface area contributed by atoms with E-state index < -0.39 is 16.1 Å². The number of benzene rings is 3. The van der Waals surface area contributed by atoms with Crippen LogP contribution in [0.4, 0.5) is 5.69 Å². The van der Waals surface area contributed by atoms with Crippen molar-refractivity contribution in [1.29, 1.82) is 0 Å². The summed E-state index contributed by atoms with van der Waals surface area (Å²) >= 11 is 0. The average Bonchev–Trinajstić information content (AvgIpc) is 2.92. The summed E-state index contributed by atoms with van der Waals surface area (Å²) in [6.45, 7) is 8.31. The van der Waals surface area contributed by atoms with Gasteiger partial charge in [-0.3, -0.25) is 13.9 Å². The van der Waals surface area contributed by atoms with Crippen molar-refractivity contribution in [3.8, 4) is 0 Å². The van der Waals surface area contributed by atoms with Gasteiger partial charge in [-0.15, -0.1) is 0 Å². The van der Waals surface area contributed by atoms with Crippen LogP contribution in [0.5, 0.6) is 0 Å². The van der Waals surface area contributed by atoms with E-state index in [0.717, 1.165) is 28.7 Å². The molecule has 220 valence electrons. The van der Waals surface area contributed by atoms with Crippen molar-refractivity contribution in [2.75, 3.05) is 17.1 Å². The van der Waals surface area contributed by atoms with Gasteiger partial charge >= 0.3 is 0 Å². The molecule has 0 aliphatic rings. The van der Waals surface area contributed by atoms with Crippen LogP contribution in [0, 0.1) is 13.8 Å². The van der Waals surface area contributed by atoms with E-state index in [1.54, 1.807) is 11.0 Å². The topological polar surface area (TPSA) is 86.8 Å². The van der Waals surface area contributed by atoms with Gasteiger partial charge in [0.1, 0.15) is 6.04 Å². The second-order valence-corrected chi connectivity index (χ2v) is 12.7. The molecule has 0 aromatic heterocycles. The van der Waals surface area contributed by atoms with Crippen LogP contribution in [0.2, 0.25) is 0 Å². The Morgan fingerprint density at radius 3 is 2.12 bits per heavy atom. The number of nitrogens with zero attached hydrogens (tertiary/aromatic N) is 2. The molecule has 0 bridgehead atoms. The van der Waals surface area contributed by atoms with Gasteiger partial charge in [0.05, 0.1) is 11.9 Å². The Balaban J connectivity index is 1.89. The summed E-state index contributed by atoms with van der Waals surface area (Å²) in [4.78, 5) is 29.2.